The maximum atomic E-state index is 12.1. The fourth-order valence-electron chi connectivity index (χ4n) is 2.58. The van der Waals surface area contributed by atoms with E-state index in [0.29, 0.717) is 19.0 Å². The Morgan fingerprint density at radius 2 is 2.22 bits per heavy atom. The summed E-state index contributed by atoms with van der Waals surface area (Å²) in [7, 11) is 0. The van der Waals surface area contributed by atoms with Crippen LogP contribution in [0, 0.1) is 0 Å². The van der Waals surface area contributed by atoms with Crippen molar-refractivity contribution in [3.05, 3.63) is 22.7 Å². The molecule has 0 aliphatic carbocycles. The summed E-state index contributed by atoms with van der Waals surface area (Å²) in [6, 6.07) is 1.61. The van der Waals surface area contributed by atoms with Gasteiger partial charge in [0.1, 0.15) is 12.3 Å². The van der Waals surface area contributed by atoms with E-state index in [2.05, 4.69) is 9.98 Å². The third-order valence-electron chi connectivity index (χ3n) is 3.91. The van der Waals surface area contributed by atoms with Gasteiger partial charge in [-0.3, -0.25) is 4.57 Å². The zero-order valence-electron chi connectivity index (χ0n) is 12.6. The van der Waals surface area contributed by atoms with Crippen molar-refractivity contribution >= 4 is 12.2 Å². The standard InChI is InChI=1S/C14H20N4O5/c19-8-11-10(20)7-13(23-11)18-2-1-12(16-14(18)21)15-9-17-3-5-22-6-4-17/h1-2,9-11,13,19-20H,3-8H2/t10-,11+,13+/m0/s1. The quantitative estimate of drug-likeness (QED) is 0.533. The molecule has 0 amide bonds. The molecule has 0 aromatic carbocycles. The largest absolute Gasteiger partial charge is 0.394 e. The second-order valence-electron chi connectivity index (χ2n) is 5.48. The third-order valence-corrected chi connectivity index (χ3v) is 3.91. The molecule has 1 aromatic heterocycles. The summed E-state index contributed by atoms with van der Waals surface area (Å²) >= 11 is 0. The van der Waals surface area contributed by atoms with Crippen molar-refractivity contribution in [1.29, 1.82) is 0 Å². The van der Waals surface area contributed by atoms with E-state index in [1.807, 2.05) is 4.90 Å². The zero-order chi connectivity index (χ0) is 16.2. The van der Waals surface area contributed by atoms with E-state index in [1.165, 1.54) is 4.57 Å². The van der Waals surface area contributed by atoms with Crippen LogP contribution >= 0.6 is 0 Å². The molecule has 0 saturated carbocycles. The minimum absolute atomic E-state index is 0.239. The zero-order valence-corrected chi connectivity index (χ0v) is 12.6. The van der Waals surface area contributed by atoms with E-state index in [0.717, 1.165) is 13.1 Å². The second kappa shape index (κ2) is 7.18. The highest BCUT2D eigenvalue weighted by atomic mass is 16.5. The van der Waals surface area contributed by atoms with E-state index in [4.69, 9.17) is 14.6 Å². The molecule has 0 spiro atoms. The van der Waals surface area contributed by atoms with Crippen molar-refractivity contribution in [2.75, 3.05) is 32.9 Å². The van der Waals surface area contributed by atoms with Gasteiger partial charge >= 0.3 is 5.69 Å². The minimum atomic E-state index is -0.795. The number of aliphatic hydroxyl groups is 2. The van der Waals surface area contributed by atoms with Crippen molar-refractivity contribution in [1.82, 2.24) is 14.5 Å². The second-order valence-corrected chi connectivity index (χ2v) is 5.48. The van der Waals surface area contributed by atoms with Crippen molar-refractivity contribution in [2.24, 2.45) is 4.99 Å². The van der Waals surface area contributed by atoms with Crippen molar-refractivity contribution in [2.45, 2.75) is 24.9 Å². The number of aliphatic imine (C=N–C) groups is 1. The van der Waals surface area contributed by atoms with Gasteiger partial charge in [0.25, 0.3) is 0 Å². The van der Waals surface area contributed by atoms with Gasteiger partial charge in [0.05, 0.1) is 32.3 Å². The summed E-state index contributed by atoms with van der Waals surface area (Å²) in [6.07, 6.45) is 1.34. The van der Waals surface area contributed by atoms with Crippen LogP contribution < -0.4 is 5.69 Å². The highest BCUT2D eigenvalue weighted by Crippen LogP contribution is 2.27. The molecule has 2 aliphatic rings. The number of ether oxygens (including phenoxy) is 2. The van der Waals surface area contributed by atoms with Crippen LogP contribution in [0.2, 0.25) is 0 Å². The van der Waals surface area contributed by atoms with E-state index >= 15 is 0 Å². The minimum Gasteiger partial charge on any atom is -0.394 e. The topological polar surface area (TPSA) is 109 Å². The molecule has 0 bridgehead atoms. The molecule has 1 aromatic rings. The van der Waals surface area contributed by atoms with E-state index < -0.39 is 24.1 Å². The molecule has 9 heteroatoms. The molecule has 2 saturated heterocycles. The van der Waals surface area contributed by atoms with Gasteiger partial charge in [-0.05, 0) is 6.07 Å². The van der Waals surface area contributed by atoms with Crippen molar-refractivity contribution in [3.63, 3.8) is 0 Å². The van der Waals surface area contributed by atoms with Gasteiger partial charge in [0.2, 0.25) is 0 Å². The van der Waals surface area contributed by atoms with Gasteiger partial charge in [0.15, 0.2) is 5.82 Å². The van der Waals surface area contributed by atoms with Gasteiger partial charge in [0, 0.05) is 25.7 Å². The summed E-state index contributed by atoms with van der Waals surface area (Å²) < 4.78 is 12.0. The molecular weight excluding hydrogens is 304 g/mol. The molecule has 2 aliphatic heterocycles. The predicted octanol–water partition coefficient (Wildman–Crippen LogP) is -1.12. The number of aliphatic hydroxyl groups excluding tert-OH is 2. The average Bonchev–Trinajstić information content (AvgIpc) is 2.94. The van der Waals surface area contributed by atoms with Gasteiger partial charge in [-0.15, -0.1) is 0 Å². The molecule has 3 rings (SSSR count). The van der Waals surface area contributed by atoms with Crippen LogP contribution in [0.4, 0.5) is 5.82 Å². The van der Waals surface area contributed by atoms with Crippen LogP contribution in [0.25, 0.3) is 0 Å². The Morgan fingerprint density at radius 1 is 1.43 bits per heavy atom. The molecule has 3 atom stereocenters. The number of nitrogens with zero attached hydrogens (tertiary/aromatic N) is 4. The van der Waals surface area contributed by atoms with E-state index in [-0.39, 0.29) is 13.0 Å². The highest BCUT2D eigenvalue weighted by Gasteiger charge is 2.34. The lowest BCUT2D eigenvalue weighted by atomic mass is 10.2. The average molecular weight is 324 g/mol. The summed E-state index contributed by atoms with van der Waals surface area (Å²) in [5.74, 6) is 0.315. The molecule has 126 valence electrons. The third kappa shape index (κ3) is 3.75. The lowest BCUT2D eigenvalue weighted by Gasteiger charge is -2.23. The Morgan fingerprint density at radius 3 is 2.87 bits per heavy atom. The molecule has 2 N–H and O–H groups in total. The molecule has 2 fully saturated rings. The normalized spacial score (nSPS) is 28.6. The van der Waals surface area contributed by atoms with Gasteiger partial charge in [-0.1, -0.05) is 0 Å². The van der Waals surface area contributed by atoms with E-state index in [1.54, 1.807) is 18.6 Å². The van der Waals surface area contributed by atoms with Gasteiger partial charge < -0.3 is 24.6 Å². The Balaban J connectivity index is 1.68. The van der Waals surface area contributed by atoms with Crippen LogP contribution in [0.15, 0.2) is 22.1 Å². The molecule has 3 heterocycles. The summed E-state index contributed by atoms with van der Waals surface area (Å²) in [4.78, 5) is 22.2. The summed E-state index contributed by atoms with van der Waals surface area (Å²) in [5.41, 5.74) is -0.502. The maximum absolute atomic E-state index is 12.1. The number of aromatic nitrogens is 2. The Labute approximate surface area is 132 Å². The smallest absolute Gasteiger partial charge is 0.351 e. The first kappa shape index (κ1) is 16.1. The summed E-state index contributed by atoms with van der Waals surface area (Å²) in [5, 5.41) is 18.8. The first-order valence-electron chi connectivity index (χ1n) is 7.57. The number of hydrogen-bond donors (Lipinski definition) is 2. The number of rotatable bonds is 4. The van der Waals surface area contributed by atoms with Crippen molar-refractivity contribution < 1.29 is 19.7 Å². The monoisotopic (exact) mass is 324 g/mol. The summed E-state index contributed by atoms with van der Waals surface area (Å²) in [6.45, 7) is 2.55. The van der Waals surface area contributed by atoms with Gasteiger partial charge in [-0.25, -0.2) is 9.79 Å². The Bertz CT molecular complexity index is 613. The van der Waals surface area contributed by atoms with Crippen molar-refractivity contribution in [3.8, 4) is 0 Å². The maximum Gasteiger partial charge on any atom is 0.351 e. The molecule has 0 radical (unpaired) electrons. The molecular formula is C14H20N4O5. The fourth-order valence-corrected chi connectivity index (χ4v) is 2.58. The first-order valence-corrected chi connectivity index (χ1v) is 7.57. The van der Waals surface area contributed by atoms with Crippen LogP contribution in [0.3, 0.4) is 0 Å². The lowest BCUT2D eigenvalue weighted by molar-refractivity contribution is -0.0458. The van der Waals surface area contributed by atoms with Crippen LogP contribution in [0.5, 0.6) is 0 Å². The number of hydrogen-bond acceptors (Lipinski definition) is 7. The molecule has 9 nitrogen and oxygen atoms in total. The lowest BCUT2D eigenvalue weighted by Crippen LogP contribution is -2.35. The fraction of sp³-hybridized carbons (Fsp3) is 0.643. The van der Waals surface area contributed by atoms with Crippen LogP contribution in [-0.2, 0) is 9.47 Å². The Kier molecular flexibility index (Phi) is 5.01. The SMILES string of the molecule is O=c1nc(N=CN2CCOCC2)ccn1[C@H]1C[C@H](O)[C@@H](CO)O1. The first-order chi connectivity index (χ1) is 11.2. The number of morpholine rings is 1. The van der Waals surface area contributed by atoms with Crippen LogP contribution in [-0.4, -0.2) is 76.1 Å². The Hall–Kier alpha value is -1.81. The molecule has 23 heavy (non-hydrogen) atoms. The van der Waals surface area contributed by atoms with Gasteiger partial charge in [-0.2, -0.15) is 4.98 Å². The van der Waals surface area contributed by atoms with Crippen LogP contribution in [0.1, 0.15) is 12.6 Å². The molecule has 0 unspecified atom stereocenters. The van der Waals surface area contributed by atoms with E-state index in [9.17, 15) is 9.90 Å². The highest BCUT2D eigenvalue weighted by molar-refractivity contribution is 5.59. The predicted molar refractivity (Wildman–Crippen MR) is 80.7 cm³/mol.